The van der Waals surface area contributed by atoms with Gasteiger partial charge < -0.3 is 10.4 Å². The molecule has 0 radical (unpaired) electrons. The summed E-state index contributed by atoms with van der Waals surface area (Å²) < 4.78 is 39.0. The van der Waals surface area contributed by atoms with Gasteiger partial charge in [0.2, 0.25) is 5.91 Å². The molecule has 1 amide bonds. The van der Waals surface area contributed by atoms with Gasteiger partial charge in [-0.15, -0.1) is 0 Å². The molecular weight excluding hydrogens is 287 g/mol. The van der Waals surface area contributed by atoms with Gasteiger partial charge in [-0.1, -0.05) is 26.7 Å². The van der Waals surface area contributed by atoms with E-state index < -0.39 is 35.9 Å². The van der Waals surface area contributed by atoms with Crippen LogP contribution in [0.5, 0.6) is 0 Å². The van der Waals surface area contributed by atoms with E-state index in [9.17, 15) is 22.8 Å². The smallest absolute Gasteiger partial charge is 0.392 e. The SMILES string of the molecule is CC(C)C(CC(=O)O)NC(=O)C1CCCCC1C(F)(F)F. The summed E-state index contributed by atoms with van der Waals surface area (Å²) >= 11 is 0. The first-order chi connectivity index (χ1) is 9.62. The molecule has 0 aromatic carbocycles. The van der Waals surface area contributed by atoms with Crippen LogP contribution in [0.4, 0.5) is 13.2 Å². The summed E-state index contributed by atoms with van der Waals surface area (Å²) in [5.74, 6) is -4.63. The van der Waals surface area contributed by atoms with E-state index in [1.807, 2.05) is 0 Å². The van der Waals surface area contributed by atoms with Crippen LogP contribution < -0.4 is 5.32 Å². The number of carboxylic acids is 1. The molecule has 0 saturated heterocycles. The van der Waals surface area contributed by atoms with Crippen molar-refractivity contribution in [2.24, 2.45) is 17.8 Å². The van der Waals surface area contributed by atoms with E-state index >= 15 is 0 Å². The Morgan fingerprint density at radius 1 is 1.24 bits per heavy atom. The number of carbonyl (C=O) groups excluding carboxylic acids is 1. The Balaban J connectivity index is 2.77. The van der Waals surface area contributed by atoms with Crippen molar-refractivity contribution >= 4 is 11.9 Å². The van der Waals surface area contributed by atoms with Crippen LogP contribution >= 0.6 is 0 Å². The minimum absolute atomic E-state index is 0.0349. The van der Waals surface area contributed by atoms with E-state index in [2.05, 4.69) is 5.32 Å². The highest BCUT2D eigenvalue weighted by atomic mass is 19.4. The topological polar surface area (TPSA) is 66.4 Å². The van der Waals surface area contributed by atoms with Gasteiger partial charge in [0.25, 0.3) is 0 Å². The average Bonchev–Trinajstić information content (AvgIpc) is 2.36. The van der Waals surface area contributed by atoms with Crippen LogP contribution in [0.3, 0.4) is 0 Å². The zero-order valence-electron chi connectivity index (χ0n) is 12.2. The molecule has 122 valence electrons. The number of alkyl halides is 3. The molecule has 0 bridgehead atoms. The molecule has 1 fully saturated rings. The Morgan fingerprint density at radius 3 is 2.29 bits per heavy atom. The van der Waals surface area contributed by atoms with Crippen LogP contribution in [0.2, 0.25) is 0 Å². The molecular formula is C14H22F3NO3. The Kier molecular flexibility index (Phi) is 6.04. The van der Waals surface area contributed by atoms with Gasteiger partial charge in [0, 0.05) is 12.0 Å². The first kappa shape index (κ1) is 17.8. The van der Waals surface area contributed by atoms with Gasteiger partial charge in [-0.3, -0.25) is 9.59 Å². The van der Waals surface area contributed by atoms with E-state index in [0.29, 0.717) is 12.8 Å². The maximum absolute atomic E-state index is 13.0. The standard InChI is InChI=1S/C14H22F3NO3/c1-8(2)11(7-12(19)20)18-13(21)9-5-3-4-6-10(9)14(15,16)17/h8-11H,3-7H2,1-2H3,(H,18,21)(H,19,20). The van der Waals surface area contributed by atoms with E-state index in [0.717, 1.165) is 0 Å². The second kappa shape index (κ2) is 7.13. The van der Waals surface area contributed by atoms with E-state index in [4.69, 9.17) is 5.11 Å². The van der Waals surface area contributed by atoms with Crippen molar-refractivity contribution in [2.45, 2.75) is 58.2 Å². The van der Waals surface area contributed by atoms with Crippen molar-refractivity contribution in [1.82, 2.24) is 5.32 Å². The molecule has 0 aromatic heterocycles. The van der Waals surface area contributed by atoms with Crippen molar-refractivity contribution in [3.05, 3.63) is 0 Å². The second-order valence-corrected chi connectivity index (χ2v) is 6.00. The molecule has 1 aliphatic rings. The molecule has 1 rings (SSSR count). The quantitative estimate of drug-likeness (QED) is 0.820. The lowest BCUT2D eigenvalue weighted by atomic mass is 9.78. The van der Waals surface area contributed by atoms with Crippen molar-refractivity contribution < 1.29 is 27.9 Å². The van der Waals surface area contributed by atoms with E-state index in [1.165, 1.54) is 0 Å². The largest absolute Gasteiger partial charge is 0.481 e. The fraction of sp³-hybridized carbons (Fsp3) is 0.857. The van der Waals surface area contributed by atoms with Gasteiger partial charge in [-0.05, 0) is 18.8 Å². The maximum Gasteiger partial charge on any atom is 0.392 e. The first-order valence-electron chi connectivity index (χ1n) is 7.21. The third-order valence-electron chi connectivity index (χ3n) is 4.05. The zero-order chi connectivity index (χ0) is 16.2. The Labute approximate surface area is 122 Å². The third kappa shape index (κ3) is 5.21. The summed E-state index contributed by atoms with van der Waals surface area (Å²) in [6.45, 7) is 3.46. The molecule has 4 nitrogen and oxygen atoms in total. The van der Waals surface area contributed by atoms with E-state index in [1.54, 1.807) is 13.8 Å². The fourth-order valence-electron chi connectivity index (χ4n) is 2.77. The van der Waals surface area contributed by atoms with Crippen molar-refractivity contribution in [3.8, 4) is 0 Å². The predicted octanol–water partition coefficient (Wildman–Crippen LogP) is 2.97. The van der Waals surface area contributed by atoms with Crippen LogP contribution in [-0.4, -0.2) is 29.2 Å². The molecule has 1 saturated carbocycles. The minimum Gasteiger partial charge on any atom is -0.481 e. The lowest BCUT2D eigenvalue weighted by molar-refractivity contribution is -0.198. The molecule has 3 atom stereocenters. The predicted molar refractivity (Wildman–Crippen MR) is 70.5 cm³/mol. The Hall–Kier alpha value is -1.27. The number of amides is 1. The van der Waals surface area contributed by atoms with Crippen LogP contribution in [0.1, 0.15) is 46.0 Å². The lowest BCUT2D eigenvalue weighted by Gasteiger charge is -2.33. The number of carbonyl (C=O) groups is 2. The highest BCUT2D eigenvalue weighted by molar-refractivity contribution is 5.80. The Bertz CT molecular complexity index is 382. The molecule has 7 heteroatoms. The first-order valence-corrected chi connectivity index (χ1v) is 7.21. The molecule has 0 spiro atoms. The van der Waals surface area contributed by atoms with Crippen LogP contribution in [0.15, 0.2) is 0 Å². The summed E-state index contributed by atoms with van der Waals surface area (Å²) in [5.41, 5.74) is 0. The molecule has 2 N–H and O–H groups in total. The van der Waals surface area contributed by atoms with Gasteiger partial charge in [0.05, 0.1) is 12.3 Å². The molecule has 1 aliphatic carbocycles. The lowest BCUT2D eigenvalue weighted by Crippen LogP contribution is -2.47. The van der Waals surface area contributed by atoms with Gasteiger partial charge in [0.15, 0.2) is 0 Å². The normalized spacial score (nSPS) is 24.7. The number of aliphatic carboxylic acids is 1. The van der Waals surface area contributed by atoms with Crippen molar-refractivity contribution in [1.29, 1.82) is 0 Å². The second-order valence-electron chi connectivity index (χ2n) is 6.00. The van der Waals surface area contributed by atoms with Crippen molar-refractivity contribution in [3.63, 3.8) is 0 Å². The van der Waals surface area contributed by atoms with Crippen LogP contribution in [0, 0.1) is 17.8 Å². The summed E-state index contributed by atoms with van der Waals surface area (Å²) in [4.78, 5) is 22.9. The monoisotopic (exact) mass is 309 g/mol. The highest BCUT2D eigenvalue weighted by Crippen LogP contribution is 2.41. The third-order valence-corrected chi connectivity index (χ3v) is 4.05. The maximum atomic E-state index is 13.0. The molecule has 3 unspecified atom stereocenters. The molecule has 21 heavy (non-hydrogen) atoms. The summed E-state index contributed by atoms with van der Waals surface area (Å²) in [7, 11) is 0. The Morgan fingerprint density at radius 2 is 1.81 bits per heavy atom. The number of hydrogen-bond acceptors (Lipinski definition) is 2. The number of halogens is 3. The summed E-state index contributed by atoms with van der Waals surface area (Å²) in [6, 6.07) is -0.647. The van der Waals surface area contributed by atoms with Crippen LogP contribution in [0.25, 0.3) is 0 Å². The number of rotatable bonds is 5. The summed E-state index contributed by atoms with van der Waals surface area (Å²) in [5, 5.41) is 11.3. The van der Waals surface area contributed by atoms with Crippen molar-refractivity contribution in [2.75, 3.05) is 0 Å². The fourth-order valence-corrected chi connectivity index (χ4v) is 2.77. The number of carboxylic acid groups (broad SMARTS) is 1. The summed E-state index contributed by atoms with van der Waals surface area (Å²) in [6.07, 6.45) is -3.44. The molecule has 0 heterocycles. The molecule has 0 aliphatic heterocycles. The minimum atomic E-state index is -4.39. The van der Waals surface area contributed by atoms with Gasteiger partial charge in [-0.25, -0.2) is 0 Å². The van der Waals surface area contributed by atoms with Gasteiger partial charge in [-0.2, -0.15) is 13.2 Å². The van der Waals surface area contributed by atoms with E-state index in [-0.39, 0.29) is 25.2 Å². The zero-order valence-corrected chi connectivity index (χ0v) is 12.2. The highest BCUT2D eigenvalue weighted by Gasteiger charge is 2.48. The van der Waals surface area contributed by atoms with Gasteiger partial charge in [0.1, 0.15) is 0 Å². The van der Waals surface area contributed by atoms with Gasteiger partial charge >= 0.3 is 12.1 Å². The number of nitrogens with one attached hydrogen (secondary N) is 1. The molecule has 0 aromatic rings. The van der Waals surface area contributed by atoms with Crippen LogP contribution in [-0.2, 0) is 9.59 Å². The number of hydrogen-bond donors (Lipinski definition) is 2. The average molecular weight is 309 g/mol.